The summed E-state index contributed by atoms with van der Waals surface area (Å²) in [6.07, 6.45) is 0. The largest absolute Gasteiger partial charge is 0.293 e. The standard InChI is InChI=1S/C31H16N4S2/c32-17-21(18-33)29(19-34)20-9-11-25-26-12-10-22(35(30-7-3-13-36-30)31-8-4-14-37-31)16-28(26)24-6-2-1-5-23(24)27(25)15-20/h1-16H. The molecular weight excluding hydrogens is 493 g/mol. The molecule has 172 valence electrons. The van der Waals surface area contributed by atoms with E-state index < -0.39 is 0 Å². The van der Waals surface area contributed by atoms with Crippen LogP contribution in [0.2, 0.25) is 0 Å². The molecule has 0 aliphatic heterocycles. The van der Waals surface area contributed by atoms with Crippen LogP contribution in [0.4, 0.5) is 15.7 Å². The molecule has 0 saturated heterocycles. The summed E-state index contributed by atoms with van der Waals surface area (Å²) in [7, 11) is 0. The van der Waals surface area contributed by atoms with Crippen molar-refractivity contribution in [3.8, 4) is 18.2 Å². The van der Waals surface area contributed by atoms with E-state index in [1.165, 1.54) is 0 Å². The van der Waals surface area contributed by atoms with Gasteiger partial charge in [0.05, 0.1) is 5.57 Å². The zero-order chi connectivity index (χ0) is 25.4. The van der Waals surface area contributed by atoms with Crippen LogP contribution in [0.25, 0.3) is 37.9 Å². The molecule has 0 spiro atoms. The average Bonchev–Trinajstić information content (AvgIpc) is 3.67. The first kappa shape index (κ1) is 22.5. The quantitative estimate of drug-likeness (QED) is 0.176. The maximum Gasteiger partial charge on any atom is 0.148 e. The van der Waals surface area contributed by atoms with Gasteiger partial charge in [0.1, 0.15) is 33.8 Å². The first-order valence-corrected chi connectivity index (χ1v) is 13.2. The Bertz CT molecular complexity index is 1890. The molecule has 6 aromatic rings. The van der Waals surface area contributed by atoms with E-state index >= 15 is 0 Å². The minimum Gasteiger partial charge on any atom is -0.293 e. The molecule has 0 aliphatic rings. The minimum atomic E-state index is -0.182. The van der Waals surface area contributed by atoms with Crippen LogP contribution in [-0.4, -0.2) is 0 Å². The number of hydrogen-bond donors (Lipinski definition) is 0. The third-order valence-corrected chi connectivity index (χ3v) is 8.11. The van der Waals surface area contributed by atoms with Crippen LogP contribution in [0.15, 0.2) is 101 Å². The van der Waals surface area contributed by atoms with E-state index in [0.29, 0.717) is 5.56 Å². The van der Waals surface area contributed by atoms with Gasteiger partial charge in [-0.15, -0.1) is 22.7 Å². The fourth-order valence-corrected chi connectivity index (χ4v) is 6.38. The molecule has 0 radical (unpaired) electrons. The molecule has 2 aromatic heterocycles. The van der Waals surface area contributed by atoms with Gasteiger partial charge in [0.2, 0.25) is 0 Å². The first-order valence-electron chi connectivity index (χ1n) is 11.4. The summed E-state index contributed by atoms with van der Waals surface area (Å²) in [5.41, 5.74) is 1.56. The Hall–Kier alpha value is -4.93. The average molecular weight is 509 g/mol. The van der Waals surface area contributed by atoms with Gasteiger partial charge in [-0.05, 0) is 91.1 Å². The highest BCUT2D eigenvalue weighted by atomic mass is 32.1. The second kappa shape index (κ2) is 9.26. The molecule has 6 rings (SSSR count). The lowest BCUT2D eigenvalue weighted by atomic mass is 9.91. The molecule has 4 nitrogen and oxygen atoms in total. The summed E-state index contributed by atoms with van der Waals surface area (Å²) >= 11 is 3.41. The summed E-state index contributed by atoms with van der Waals surface area (Å²) in [4.78, 5) is 2.28. The number of rotatable bonds is 4. The van der Waals surface area contributed by atoms with Crippen molar-refractivity contribution in [2.24, 2.45) is 0 Å². The van der Waals surface area contributed by atoms with Crippen LogP contribution >= 0.6 is 22.7 Å². The number of benzene rings is 4. The van der Waals surface area contributed by atoms with E-state index in [0.717, 1.165) is 48.0 Å². The van der Waals surface area contributed by atoms with Gasteiger partial charge < -0.3 is 0 Å². The molecule has 6 heteroatoms. The third kappa shape index (κ3) is 3.71. The lowest BCUT2D eigenvalue weighted by molar-refractivity contribution is 1.37. The Morgan fingerprint density at radius 1 is 0.568 bits per heavy atom. The van der Waals surface area contributed by atoms with Crippen molar-refractivity contribution in [3.05, 3.63) is 107 Å². The number of nitriles is 3. The Labute approximate surface area is 221 Å². The molecule has 4 aromatic carbocycles. The minimum absolute atomic E-state index is 0.0916. The molecule has 0 saturated carbocycles. The van der Waals surface area contributed by atoms with Crippen molar-refractivity contribution in [2.45, 2.75) is 0 Å². The highest BCUT2D eigenvalue weighted by molar-refractivity contribution is 7.16. The number of anilines is 3. The summed E-state index contributed by atoms with van der Waals surface area (Å²) in [6, 6.07) is 34.6. The van der Waals surface area contributed by atoms with Crippen LogP contribution in [0.5, 0.6) is 0 Å². The van der Waals surface area contributed by atoms with Gasteiger partial charge in [-0.2, -0.15) is 15.8 Å². The number of fused-ring (bicyclic) bond motifs is 6. The van der Waals surface area contributed by atoms with Gasteiger partial charge >= 0.3 is 0 Å². The van der Waals surface area contributed by atoms with E-state index in [1.807, 2.05) is 48.5 Å². The van der Waals surface area contributed by atoms with Crippen molar-refractivity contribution in [1.82, 2.24) is 0 Å². The normalized spacial score (nSPS) is 10.6. The van der Waals surface area contributed by atoms with Crippen molar-refractivity contribution in [2.75, 3.05) is 4.90 Å². The molecule has 0 amide bonds. The van der Waals surface area contributed by atoms with Crippen LogP contribution in [0, 0.1) is 34.0 Å². The summed E-state index contributed by atoms with van der Waals surface area (Å²) in [5, 5.41) is 41.3. The smallest absolute Gasteiger partial charge is 0.148 e. The molecule has 0 unspecified atom stereocenters. The van der Waals surface area contributed by atoms with Crippen molar-refractivity contribution in [3.63, 3.8) is 0 Å². The Morgan fingerprint density at radius 3 is 1.68 bits per heavy atom. The number of nitrogens with zero attached hydrogens (tertiary/aromatic N) is 4. The lowest BCUT2D eigenvalue weighted by Gasteiger charge is -2.22. The van der Waals surface area contributed by atoms with Gasteiger partial charge in [-0.25, -0.2) is 0 Å². The van der Waals surface area contributed by atoms with Gasteiger partial charge in [-0.1, -0.05) is 42.5 Å². The third-order valence-electron chi connectivity index (χ3n) is 6.41. The number of allylic oxidation sites excluding steroid dienone is 2. The van der Waals surface area contributed by atoms with Crippen molar-refractivity contribution in [1.29, 1.82) is 15.8 Å². The van der Waals surface area contributed by atoms with Gasteiger partial charge in [0.25, 0.3) is 0 Å². The molecule has 0 aliphatic carbocycles. The topological polar surface area (TPSA) is 74.6 Å². The molecule has 0 atom stereocenters. The van der Waals surface area contributed by atoms with Crippen LogP contribution in [0.1, 0.15) is 5.56 Å². The fraction of sp³-hybridized carbons (Fsp3) is 0. The molecule has 0 fully saturated rings. The SMILES string of the molecule is N#CC(C#N)=C(C#N)c1ccc2c3ccc(N(c4cccs4)c4cccs4)cc3c3ccccc3c2c1. The molecule has 0 bridgehead atoms. The fourth-order valence-electron chi connectivity index (χ4n) is 4.80. The van der Waals surface area contributed by atoms with E-state index in [9.17, 15) is 15.8 Å². The highest BCUT2D eigenvalue weighted by Gasteiger charge is 2.17. The molecule has 37 heavy (non-hydrogen) atoms. The van der Waals surface area contributed by atoms with Crippen LogP contribution in [0.3, 0.4) is 0 Å². The van der Waals surface area contributed by atoms with E-state index in [1.54, 1.807) is 22.7 Å². The lowest BCUT2D eigenvalue weighted by Crippen LogP contribution is -2.06. The predicted molar refractivity (Wildman–Crippen MR) is 153 cm³/mol. The highest BCUT2D eigenvalue weighted by Crippen LogP contribution is 2.43. The zero-order valence-electron chi connectivity index (χ0n) is 19.3. The van der Waals surface area contributed by atoms with Crippen molar-refractivity contribution < 1.29 is 0 Å². The Kier molecular flexibility index (Phi) is 5.64. The summed E-state index contributed by atoms with van der Waals surface area (Å²) < 4.78 is 0. The Balaban J connectivity index is 1.65. The summed E-state index contributed by atoms with van der Waals surface area (Å²) in [5.74, 6) is 0. The van der Waals surface area contributed by atoms with Gasteiger partial charge in [0, 0.05) is 5.69 Å². The summed E-state index contributed by atoms with van der Waals surface area (Å²) in [6.45, 7) is 0. The molecular formula is C31H16N4S2. The van der Waals surface area contributed by atoms with Crippen LogP contribution in [-0.2, 0) is 0 Å². The van der Waals surface area contributed by atoms with Crippen molar-refractivity contribution >= 4 is 76.3 Å². The Morgan fingerprint density at radius 2 is 1.14 bits per heavy atom. The van der Waals surface area contributed by atoms with E-state index in [2.05, 4.69) is 70.3 Å². The predicted octanol–water partition coefficient (Wildman–Crippen LogP) is 9.06. The molecule has 0 N–H and O–H groups in total. The first-order chi connectivity index (χ1) is 18.2. The maximum atomic E-state index is 9.70. The second-order valence-electron chi connectivity index (χ2n) is 8.36. The van der Waals surface area contributed by atoms with Crippen LogP contribution < -0.4 is 4.90 Å². The van der Waals surface area contributed by atoms with Gasteiger partial charge in [-0.3, -0.25) is 4.90 Å². The monoisotopic (exact) mass is 508 g/mol. The second-order valence-corrected chi connectivity index (χ2v) is 10.2. The zero-order valence-corrected chi connectivity index (χ0v) is 21.0. The number of thiophene rings is 2. The van der Waals surface area contributed by atoms with Gasteiger partial charge in [0.15, 0.2) is 0 Å². The van der Waals surface area contributed by atoms with E-state index in [-0.39, 0.29) is 11.1 Å². The number of hydrogen-bond acceptors (Lipinski definition) is 6. The molecule has 2 heterocycles. The maximum absolute atomic E-state index is 9.70. The van der Waals surface area contributed by atoms with E-state index in [4.69, 9.17) is 0 Å².